The number of rotatable bonds is 1. The molecule has 0 aromatic heterocycles. The molecular weight excluding hydrogens is 232 g/mol. The van der Waals surface area contributed by atoms with E-state index in [2.05, 4.69) is 24.8 Å². The fourth-order valence-electron chi connectivity index (χ4n) is 2.47. The normalized spacial score (nSPS) is 23.2. The van der Waals surface area contributed by atoms with Crippen molar-refractivity contribution in [2.75, 3.05) is 18.0 Å². The Morgan fingerprint density at radius 2 is 2.00 bits per heavy atom. The average Bonchev–Trinajstić information content (AvgIpc) is 2.28. The predicted octanol–water partition coefficient (Wildman–Crippen LogP) is 3.72. The fraction of sp³-hybridized carbons (Fsp3) is 0.500. The summed E-state index contributed by atoms with van der Waals surface area (Å²) in [6, 6.07) is 10.4. The SMILES string of the molecule is CC1(C)CN(c2ccc(Cl)cc2)CCC1C#N. The van der Waals surface area contributed by atoms with E-state index in [1.807, 2.05) is 24.3 Å². The van der Waals surface area contributed by atoms with E-state index < -0.39 is 0 Å². The number of nitriles is 1. The van der Waals surface area contributed by atoms with Gasteiger partial charge in [-0.1, -0.05) is 25.4 Å². The first kappa shape index (κ1) is 12.3. The lowest BCUT2D eigenvalue weighted by atomic mass is 9.74. The maximum atomic E-state index is 9.13. The Kier molecular flexibility index (Phi) is 3.31. The van der Waals surface area contributed by atoms with Crippen LogP contribution in [0.25, 0.3) is 0 Å². The first-order chi connectivity index (χ1) is 8.03. The molecule has 3 heteroatoms. The summed E-state index contributed by atoms with van der Waals surface area (Å²) in [7, 11) is 0. The highest BCUT2D eigenvalue weighted by molar-refractivity contribution is 6.30. The minimum absolute atomic E-state index is 0.0483. The lowest BCUT2D eigenvalue weighted by Gasteiger charge is -2.42. The van der Waals surface area contributed by atoms with Gasteiger partial charge in [-0.05, 0) is 36.1 Å². The van der Waals surface area contributed by atoms with Crippen LogP contribution in [0.3, 0.4) is 0 Å². The third kappa shape index (κ3) is 2.56. The Labute approximate surface area is 108 Å². The van der Waals surface area contributed by atoms with Crippen LogP contribution in [0.5, 0.6) is 0 Å². The molecule has 1 aliphatic rings. The van der Waals surface area contributed by atoms with Gasteiger partial charge < -0.3 is 4.90 Å². The van der Waals surface area contributed by atoms with Gasteiger partial charge in [0.05, 0.1) is 12.0 Å². The maximum Gasteiger partial charge on any atom is 0.0662 e. The molecule has 0 saturated carbocycles. The van der Waals surface area contributed by atoms with E-state index in [1.54, 1.807) is 0 Å². The topological polar surface area (TPSA) is 27.0 Å². The molecule has 1 saturated heterocycles. The van der Waals surface area contributed by atoms with Gasteiger partial charge >= 0.3 is 0 Å². The molecule has 2 nitrogen and oxygen atoms in total. The molecule has 1 aromatic carbocycles. The third-order valence-electron chi connectivity index (χ3n) is 3.58. The summed E-state index contributed by atoms with van der Waals surface area (Å²) in [4.78, 5) is 2.34. The summed E-state index contributed by atoms with van der Waals surface area (Å²) in [5, 5.41) is 9.90. The summed E-state index contributed by atoms with van der Waals surface area (Å²) in [6.45, 7) is 6.21. The van der Waals surface area contributed by atoms with E-state index in [0.29, 0.717) is 0 Å². The largest absolute Gasteiger partial charge is 0.371 e. The van der Waals surface area contributed by atoms with Crippen LogP contribution in [-0.4, -0.2) is 13.1 Å². The number of piperidine rings is 1. The number of hydrogen-bond donors (Lipinski definition) is 0. The summed E-state index contributed by atoms with van der Waals surface area (Å²) < 4.78 is 0. The van der Waals surface area contributed by atoms with Crippen molar-refractivity contribution in [1.29, 1.82) is 5.26 Å². The molecule has 0 bridgehead atoms. The minimum atomic E-state index is 0.0483. The zero-order valence-corrected chi connectivity index (χ0v) is 11.0. The van der Waals surface area contributed by atoms with E-state index in [0.717, 1.165) is 24.5 Å². The molecule has 1 aromatic rings. The van der Waals surface area contributed by atoms with Crippen LogP contribution < -0.4 is 4.90 Å². The fourth-order valence-corrected chi connectivity index (χ4v) is 2.59. The van der Waals surface area contributed by atoms with E-state index in [-0.39, 0.29) is 11.3 Å². The van der Waals surface area contributed by atoms with Gasteiger partial charge in [0.25, 0.3) is 0 Å². The van der Waals surface area contributed by atoms with Gasteiger partial charge in [0, 0.05) is 23.8 Å². The van der Waals surface area contributed by atoms with E-state index >= 15 is 0 Å². The highest BCUT2D eigenvalue weighted by Crippen LogP contribution is 2.36. The van der Waals surface area contributed by atoms with Crippen LogP contribution in [0.2, 0.25) is 5.02 Å². The van der Waals surface area contributed by atoms with E-state index in [9.17, 15) is 0 Å². The molecular formula is C14H17ClN2. The van der Waals surface area contributed by atoms with Crippen LogP contribution in [0.4, 0.5) is 5.69 Å². The van der Waals surface area contributed by atoms with Gasteiger partial charge in [0.1, 0.15) is 0 Å². The molecule has 0 aliphatic carbocycles. The number of anilines is 1. The van der Waals surface area contributed by atoms with Crippen molar-refractivity contribution in [2.24, 2.45) is 11.3 Å². The lowest BCUT2D eigenvalue weighted by Crippen LogP contribution is -2.45. The molecule has 2 rings (SSSR count). The Morgan fingerprint density at radius 3 is 2.53 bits per heavy atom. The number of halogens is 1. The van der Waals surface area contributed by atoms with Crippen molar-refractivity contribution in [3.8, 4) is 6.07 Å². The molecule has 1 atom stereocenters. The summed E-state index contributed by atoms with van der Waals surface area (Å²) in [5.41, 5.74) is 1.24. The monoisotopic (exact) mass is 248 g/mol. The Morgan fingerprint density at radius 1 is 1.35 bits per heavy atom. The number of benzene rings is 1. The summed E-state index contributed by atoms with van der Waals surface area (Å²) in [5.74, 6) is 0.158. The van der Waals surface area contributed by atoms with Crippen LogP contribution in [0.1, 0.15) is 20.3 Å². The van der Waals surface area contributed by atoms with Gasteiger partial charge in [-0.15, -0.1) is 0 Å². The van der Waals surface area contributed by atoms with Gasteiger partial charge in [-0.2, -0.15) is 5.26 Å². The second-order valence-corrected chi connectivity index (χ2v) is 5.79. The smallest absolute Gasteiger partial charge is 0.0662 e. The van der Waals surface area contributed by atoms with Crippen LogP contribution in [-0.2, 0) is 0 Å². The van der Waals surface area contributed by atoms with Crippen molar-refractivity contribution in [2.45, 2.75) is 20.3 Å². The van der Waals surface area contributed by atoms with Crippen molar-refractivity contribution in [3.63, 3.8) is 0 Å². The molecule has 1 fully saturated rings. The highest BCUT2D eigenvalue weighted by atomic mass is 35.5. The van der Waals surface area contributed by atoms with Crippen molar-refractivity contribution in [1.82, 2.24) is 0 Å². The highest BCUT2D eigenvalue weighted by Gasteiger charge is 2.35. The average molecular weight is 249 g/mol. The molecule has 1 unspecified atom stereocenters. The van der Waals surface area contributed by atoms with E-state index in [1.165, 1.54) is 5.69 Å². The van der Waals surface area contributed by atoms with Crippen molar-refractivity contribution < 1.29 is 0 Å². The minimum Gasteiger partial charge on any atom is -0.371 e. The lowest BCUT2D eigenvalue weighted by molar-refractivity contribution is 0.226. The van der Waals surface area contributed by atoms with Gasteiger partial charge in [-0.3, -0.25) is 0 Å². The van der Waals surface area contributed by atoms with Gasteiger partial charge in [-0.25, -0.2) is 0 Å². The zero-order valence-electron chi connectivity index (χ0n) is 10.3. The molecule has 0 radical (unpaired) electrons. The first-order valence-electron chi connectivity index (χ1n) is 5.93. The molecule has 90 valence electrons. The molecule has 0 N–H and O–H groups in total. The van der Waals surface area contributed by atoms with Crippen LogP contribution in [0.15, 0.2) is 24.3 Å². The molecule has 0 amide bonds. The molecule has 1 heterocycles. The Bertz CT molecular complexity index is 431. The van der Waals surface area contributed by atoms with E-state index in [4.69, 9.17) is 16.9 Å². The molecule has 17 heavy (non-hydrogen) atoms. The van der Waals surface area contributed by atoms with Gasteiger partial charge in [0.2, 0.25) is 0 Å². The Balaban J connectivity index is 2.16. The van der Waals surface area contributed by atoms with Crippen molar-refractivity contribution >= 4 is 17.3 Å². The van der Waals surface area contributed by atoms with Gasteiger partial charge in [0.15, 0.2) is 0 Å². The zero-order chi connectivity index (χ0) is 12.5. The summed E-state index contributed by atoms with van der Waals surface area (Å²) in [6.07, 6.45) is 0.937. The van der Waals surface area contributed by atoms with Crippen molar-refractivity contribution in [3.05, 3.63) is 29.3 Å². The quantitative estimate of drug-likeness (QED) is 0.758. The molecule has 1 aliphatic heterocycles. The van der Waals surface area contributed by atoms with Crippen LogP contribution in [0, 0.1) is 22.7 Å². The standard InChI is InChI=1S/C14H17ClN2/c1-14(2)10-17(8-7-11(14)9-16)13-5-3-12(15)4-6-13/h3-6,11H,7-8,10H2,1-2H3. The Hall–Kier alpha value is -1.20. The van der Waals surface area contributed by atoms with Crippen LogP contribution >= 0.6 is 11.6 Å². The number of hydrogen-bond acceptors (Lipinski definition) is 2. The summed E-state index contributed by atoms with van der Waals surface area (Å²) >= 11 is 5.89. The maximum absolute atomic E-state index is 9.13. The third-order valence-corrected chi connectivity index (χ3v) is 3.83. The second kappa shape index (κ2) is 4.58. The second-order valence-electron chi connectivity index (χ2n) is 5.36. The number of nitrogens with zero attached hydrogens (tertiary/aromatic N) is 2. The predicted molar refractivity (Wildman–Crippen MR) is 71.2 cm³/mol. The first-order valence-corrected chi connectivity index (χ1v) is 6.31. The molecule has 0 spiro atoms.